The van der Waals surface area contributed by atoms with Crippen LogP contribution in [0.15, 0.2) is 39.0 Å². The number of fused-ring (bicyclic) bond motifs is 1. The summed E-state index contributed by atoms with van der Waals surface area (Å²) in [6.45, 7) is 1.61. The Hall–Kier alpha value is -1.93. The van der Waals surface area contributed by atoms with E-state index in [1.165, 1.54) is 28.0 Å². The molecular weight excluding hydrogens is 365 g/mol. The molecule has 1 amide bonds. The zero-order valence-electron chi connectivity index (χ0n) is 13.7. The molecule has 1 aliphatic carbocycles. The van der Waals surface area contributed by atoms with Crippen LogP contribution in [0.3, 0.4) is 0 Å². The lowest BCUT2D eigenvalue weighted by Crippen LogP contribution is -2.38. The highest BCUT2D eigenvalue weighted by atomic mass is 32.2. The first-order valence-corrected chi connectivity index (χ1v) is 9.71. The monoisotopic (exact) mass is 381 g/mol. The Labute approximate surface area is 152 Å². The summed E-state index contributed by atoms with van der Waals surface area (Å²) < 4.78 is 15.5. The third kappa shape index (κ3) is 3.04. The normalized spacial score (nSPS) is 20.4. The molecule has 1 atom stereocenters. The smallest absolute Gasteiger partial charge is 0.307 e. The van der Waals surface area contributed by atoms with E-state index in [1.807, 2.05) is 12.3 Å². The van der Waals surface area contributed by atoms with Crippen LogP contribution in [0.4, 0.5) is 4.39 Å². The number of Topliss-reactive ketones (excluding diaryl/α,β-unsaturated/α-hetero) is 1. The second-order valence-corrected chi connectivity index (χ2v) is 8.03. The summed E-state index contributed by atoms with van der Waals surface area (Å²) in [7, 11) is 0. The van der Waals surface area contributed by atoms with Crippen molar-refractivity contribution in [3.63, 3.8) is 0 Å². The van der Waals surface area contributed by atoms with Gasteiger partial charge in [-0.1, -0.05) is 0 Å². The molecule has 0 saturated heterocycles. The summed E-state index contributed by atoms with van der Waals surface area (Å²) >= 11 is 2.87. The first-order valence-electron chi connectivity index (χ1n) is 7.67. The fourth-order valence-electron chi connectivity index (χ4n) is 3.32. The highest BCUT2D eigenvalue weighted by Crippen LogP contribution is 2.44. The van der Waals surface area contributed by atoms with E-state index in [-0.39, 0.29) is 23.5 Å². The number of rotatable bonds is 4. The third-order valence-corrected chi connectivity index (χ3v) is 6.59. The second-order valence-electron chi connectivity index (χ2n) is 5.84. The Bertz CT molecular complexity index is 839. The van der Waals surface area contributed by atoms with Crippen LogP contribution in [-0.2, 0) is 9.59 Å². The molecule has 1 aromatic rings. The van der Waals surface area contributed by atoms with Gasteiger partial charge in [0.25, 0.3) is 5.91 Å². The lowest BCUT2D eigenvalue weighted by molar-refractivity contribution is -0.136. The third-order valence-electron chi connectivity index (χ3n) is 4.43. The van der Waals surface area contributed by atoms with Gasteiger partial charge in [0.05, 0.1) is 21.5 Å². The predicted molar refractivity (Wildman–Crippen MR) is 93.4 cm³/mol. The first-order chi connectivity index (χ1) is 11.8. The van der Waals surface area contributed by atoms with Gasteiger partial charge in [0.2, 0.25) is 0 Å². The molecule has 0 fully saturated rings. The van der Waals surface area contributed by atoms with E-state index >= 15 is 0 Å². The number of hydrogen-bond donors (Lipinski definition) is 1. The molecule has 132 valence electrons. The number of thioether (sulfide) groups is 1. The lowest BCUT2D eigenvalue weighted by Gasteiger charge is -2.29. The highest BCUT2D eigenvalue weighted by Gasteiger charge is 2.44. The predicted octanol–water partition coefficient (Wildman–Crippen LogP) is 3.63. The summed E-state index contributed by atoms with van der Waals surface area (Å²) in [4.78, 5) is 37.9. The first kappa shape index (κ1) is 17.9. The number of nitrogens with zero attached hydrogens (tertiary/aromatic N) is 1. The van der Waals surface area contributed by atoms with Crippen molar-refractivity contribution in [2.75, 3.05) is 6.26 Å². The number of aliphatic carboxylic acids is 1. The van der Waals surface area contributed by atoms with E-state index in [2.05, 4.69) is 0 Å². The van der Waals surface area contributed by atoms with Crippen molar-refractivity contribution in [1.82, 2.24) is 4.90 Å². The topological polar surface area (TPSA) is 74.7 Å². The van der Waals surface area contributed by atoms with Gasteiger partial charge in [-0.15, -0.1) is 23.1 Å². The fourth-order valence-corrected chi connectivity index (χ4v) is 4.80. The molecule has 25 heavy (non-hydrogen) atoms. The minimum absolute atomic E-state index is 0.0118. The zero-order valence-corrected chi connectivity index (χ0v) is 15.3. The summed E-state index contributed by atoms with van der Waals surface area (Å²) in [6, 6.07) is 2.95. The van der Waals surface area contributed by atoms with Gasteiger partial charge in [-0.3, -0.25) is 14.4 Å². The van der Waals surface area contributed by atoms with E-state index in [0.29, 0.717) is 17.0 Å². The maximum absolute atomic E-state index is 14.5. The molecule has 8 heteroatoms. The molecule has 0 saturated carbocycles. The van der Waals surface area contributed by atoms with E-state index in [9.17, 15) is 18.8 Å². The van der Waals surface area contributed by atoms with Crippen LogP contribution in [-0.4, -0.2) is 40.0 Å². The van der Waals surface area contributed by atoms with E-state index in [4.69, 9.17) is 5.11 Å². The summed E-state index contributed by atoms with van der Waals surface area (Å²) in [5.41, 5.74) is 0.723. The summed E-state index contributed by atoms with van der Waals surface area (Å²) in [6.07, 6.45) is 1.81. The van der Waals surface area contributed by atoms with Crippen LogP contribution in [0, 0.1) is 0 Å². The molecule has 1 N–H and O–H groups in total. The molecular formula is C17H16FNO4S2. The van der Waals surface area contributed by atoms with Crippen LogP contribution < -0.4 is 0 Å². The van der Waals surface area contributed by atoms with E-state index < -0.39 is 30.0 Å². The maximum Gasteiger partial charge on any atom is 0.307 e. The molecule has 2 aliphatic rings. The van der Waals surface area contributed by atoms with E-state index in [1.54, 1.807) is 13.0 Å². The second kappa shape index (κ2) is 6.76. The fraction of sp³-hybridized carbons (Fsp3) is 0.353. The standard InChI is InChI=1S/C17H16FNO4S2/c1-8-9(7-13(21)22)15-10(3-4-11(20)16(15)18)19(8)17(23)12-5-6-14(24-2)25-12/h5-6,10H,3-4,7H2,1-2H3,(H,21,22). The van der Waals surface area contributed by atoms with Crippen molar-refractivity contribution in [1.29, 1.82) is 0 Å². The lowest BCUT2D eigenvalue weighted by atomic mass is 9.88. The quantitative estimate of drug-likeness (QED) is 0.806. The Balaban J connectivity index is 2.07. The van der Waals surface area contributed by atoms with Crippen molar-refractivity contribution < 1.29 is 23.9 Å². The zero-order chi connectivity index (χ0) is 18.3. The molecule has 1 aromatic heterocycles. The minimum atomic E-state index is -1.12. The van der Waals surface area contributed by atoms with Gasteiger partial charge >= 0.3 is 5.97 Å². The molecule has 0 radical (unpaired) electrons. The minimum Gasteiger partial charge on any atom is -0.481 e. The summed E-state index contributed by atoms with van der Waals surface area (Å²) in [5.74, 6) is -2.94. The molecule has 1 aliphatic heterocycles. The van der Waals surface area contributed by atoms with Crippen molar-refractivity contribution >= 4 is 40.8 Å². The van der Waals surface area contributed by atoms with Gasteiger partial charge in [-0.25, -0.2) is 4.39 Å². The van der Waals surface area contributed by atoms with Gasteiger partial charge in [-0.05, 0) is 37.3 Å². The number of carboxylic acids is 1. The van der Waals surface area contributed by atoms with Gasteiger partial charge < -0.3 is 10.0 Å². The number of carboxylic acid groups (broad SMARTS) is 1. The molecule has 0 aromatic carbocycles. The number of ketones is 1. The van der Waals surface area contributed by atoms with E-state index in [0.717, 1.165) is 4.21 Å². The number of thiophene rings is 1. The van der Waals surface area contributed by atoms with Crippen LogP contribution >= 0.6 is 23.1 Å². The molecule has 0 bridgehead atoms. The van der Waals surface area contributed by atoms with Crippen molar-refractivity contribution in [2.45, 2.75) is 36.4 Å². The van der Waals surface area contributed by atoms with Crippen molar-refractivity contribution in [3.8, 4) is 0 Å². The Kier molecular flexibility index (Phi) is 4.83. The molecule has 2 heterocycles. The molecule has 3 rings (SSSR count). The highest BCUT2D eigenvalue weighted by molar-refractivity contribution is 8.00. The number of halogens is 1. The number of allylic oxidation sites excluding steroid dienone is 2. The van der Waals surface area contributed by atoms with Gasteiger partial charge in [0.1, 0.15) is 0 Å². The summed E-state index contributed by atoms with van der Waals surface area (Å²) in [5, 5.41) is 9.14. The SMILES string of the molecule is CSc1ccc(C(=O)N2C(C)=C(CC(=O)O)C3=C(F)C(=O)CCC32)s1. The van der Waals surface area contributed by atoms with Crippen LogP contribution in [0.1, 0.15) is 35.9 Å². The molecule has 1 unspecified atom stereocenters. The van der Waals surface area contributed by atoms with Crippen LogP contribution in [0.2, 0.25) is 0 Å². The largest absolute Gasteiger partial charge is 0.481 e. The Morgan fingerprint density at radius 3 is 2.76 bits per heavy atom. The molecule has 0 spiro atoms. The number of carbonyl (C=O) groups excluding carboxylic acids is 2. The van der Waals surface area contributed by atoms with Crippen LogP contribution in [0.5, 0.6) is 0 Å². The average Bonchev–Trinajstić information content (AvgIpc) is 3.14. The van der Waals surface area contributed by atoms with Crippen molar-refractivity contribution in [3.05, 3.63) is 39.7 Å². The van der Waals surface area contributed by atoms with Crippen LogP contribution in [0.25, 0.3) is 0 Å². The van der Waals surface area contributed by atoms with Crippen molar-refractivity contribution in [2.24, 2.45) is 0 Å². The van der Waals surface area contributed by atoms with Gasteiger partial charge in [0, 0.05) is 17.7 Å². The van der Waals surface area contributed by atoms with Gasteiger partial charge in [-0.2, -0.15) is 0 Å². The molecule has 5 nitrogen and oxygen atoms in total. The average molecular weight is 381 g/mol. The Morgan fingerprint density at radius 2 is 2.16 bits per heavy atom. The maximum atomic E-state index is 14.5. The van der Waals surface area contributed by atoms with Gasteiger partial charge in [0.15, 0.2) is 11.6 Å². The number of carbonyl (C=O) groups is 3. The number of hydrogen-bond acceptors (Lipinski definition) is 5. The Morgan fingerprint density at radius 1 is 1.44 bits per heavy atom. The number of amides is 1.